The van der Waals surface area contributed by atoms with Crippen LogP contribution in [0.15, 0.2) is 16.9 Å². The topological polar surface area (TPSA) is 41.0 Å². The first-order valence-electron chi connectivity index (χ1n) is 8.63. The molecule has 2 rings (SSSR count). The molecular weight excluding hydrogens is 352 g/mol. The third-order valence-corrected chi connectivity index (χ3v) is 4.93. The molecule has 1 aliphatic rings. The maximum Gasteiger partial charge on any atom is 0.222 e. The van der Waals surface area contributed by atoms with Crippen LogP contribution in [0.4, 0.5) is 5.95 Å². The zero-order valence-corrected chi connectivity index (χ0v) is 15.8. The summed E-state index contributed by atoms with van der Waals surface area (Å²) < 4.78 is 0.909. The minimum absolute atomic E-state index is 0.589. The first-order valence-corrected chi connectivity index (χ1v) is 9.42. The summed E-state index contributed by atoms with van der Waals surface area (Å²) in [6.45, 7) is 8.43. The SMILES string of the molecule is CCN(CC)CC#CC1CCC(CNc2ncc(Br)cn2)CC1. The molecule has 0 amide bonds. The van der Waals surface area contributed by atoms with Gasteiger partial charge in [-0.25, -0.2) is 9.97 Å². The average molecular weight is 379 g/mol. The molecule has 126 valence electrons. The van der Waals surface area contributed by atoms with E-state index in [1.807, 2.05) is 0 Å². The quantitative estimate of drug-likeness (QED) is 0.764. The third kappa shape index (κ3) is 6.48. The fourth-order valence-electron chi connectivity index (χ4n) is 2.90. The molecule has 1 aromatic rings. The van der Waals surface area contributed by atoms with Crippen molar-refractivity contribution in [3.05, 3.63) is 16.9 Å². The molecule has 1 fully saturated rings. The Morgan fingerprint density at radius 3 is 2.43 bits per heavy atom. The predicted octanol–water partition coefficient (Wildman–Crippen LogP) is 3.80. The molecule has 1 heterocycles. The van der Waals surface area contributed by atoms with Crippen molar-refractivity contribution in [2.24, 2.45) is 11.8 Å². The van der Waals surface area contributed by atoms with Crippen LogP contribution in [0, 0.1) is 23.7 Å². The number of nitrogens with one attached hydrogen (secondary N) is 1. The van der Waals surface area contributed by atoms with Crippen LogP contribution in [-0.2, 0) is 0 Å². The zero-order valence-electron chi connectivity index (χ0n) is 14.2. The van der Waals surface area contributed by atoms with Gasteiger partial charge in [-0.05, 0) is 60.6 Å². The molecule has 0 bridgehead atoms. The normalized spacial score (nSPS) is 20.9. The van der Waals surface area contributed by atoms with Gasteiger partial charge in [-0.15, -0.1) is 0 Å². The highest BCUT2D eigenvalue weighted by Crippen LogP contribution is 2.28. The molecule has 1 saturated carbocycles. The Bertz CT molecular complexity index is 508. The lowest BCUT2D eigenvalue weighted by atomic mass is 9.82. The van der Waals surface area contributed by atoms with E-state index >= 15 is 0 Å². The molecule has 0 aromatic carbocycles. The molecule has 0 unspecified atom stereocenters. The molecule has 23 heavy (non-hydrogen) atoms. The zero-order chi connectivity index (χ0) is 16.5. The Kier molecular flexibility index (Phi) is 7.84. The van der Waals surface area contributed by atoms with Crippen molar-refractivity contribution < 1.29 is 0 Å². The van der Waals surface area contributed by atoms with Crippen molar-refractivity contribution in [2.45, 2.75) is 39.5 Å². The number of aromatic nitrogens is 2. The van der Waals surface area contributed by atoms with Gasteiger partial charge in [0.1, 0.15) is 0 Å². The molecule has 1 aromatic heterocycles. The first kappa shape index (κ1) is 18.2. The van der Waals surface area contributed by atoms with Crippen LogP contribution < -0.4 is 5.32 Å². The molecule has 5 heteroatoms. The van der Waals surface area contributed by atoms with Crippen LogP contribution in [0.5, 0.6) is 0 Å². The largest absolute Gasteiger partial charge is 0.354 e. The van der Waals surface area contributed by atoms with Gasteiger partial charge >= 0.3 is 0 Å². The van der Waals surface area contributed by atoms with Crippen LogP contribution in [0.2, 0.25) is 0 Å². The highest BCUT2D eigenvalue weighted by molar-refractivity contribution is 9.10. The van der Waals surface area contributed by atoms with Gasteiger partial charge in [-0.2, -0.15) is 0 Å². The fourth-order valence-corrected chi connectivity index (χ4v) is 3.10. The van der Waals surface area contributed by atoms with Crippen molar-refractivity contribution in [1.29, 1.82) is 0 Å². The molecule has 1 N–H and O–H groups in total. The lowest BCUT2D eigenvalue weighted by Gasteiger charge is -2.25. The van der Waals surface area contributed by atoms with E-state index < -0.39 is 0 Å². The maximum absolute atomic E-state index is 4.25. The van der Waals surface area contributed by atoms with E-state index in [-0.39, 0.29) is 0 Å². The van der Waals surface area contributed by atoms with Crippen molar-refractivity contribution in [3.63, 3.8) is 0 Å². The van der Waals surface area contributed by atoms with E-state index in [1.54, 1.807) is 12.4 Å². The van der Waals surface area contributed by atoms with Gasteiger partial charge in [0.05, 0.1) is 11.0 Å². The molecule has 0 spiro atoms. The summed E-state index contributed by atoms with van der Waals surface area (Å²) in [5.74, 6) is 8.87. The van der Waals surface area contributed by atoms with Crippen LogP contribution in [0.3, 0.4) is 0 Å². The maximum atomic E-state index is 4.25. The van der Waals surface area contributed by atoms with E-state index in [9.17, 15) is 0 Å². The van der Waals surface area contributed by atoms with Gasteiger partial charge in [0.15, 0.2) is 0 Å². The Hall–Kier alpha value is -1.12. The van der Waals surface area contributed by atoms with Crippen LogP contribution in [0.1, 0.15) is 39.5 Å². The van der Waals surface area contributed by atoms with Gasteiger partial charge in [-0.3, -0.25) is 4.90 Å². The van der Waals surface area contributed by atoms with Gasteiger partial charge in [-0.1, -0.05) is 25.7 Å². The van der Waals surface area contributed by atoms with Crippen LogP contribution in [-0.4, -0.2) is 41.0 Å². The molecule has 0 atom stereocenters. The lowest BCUT2D eigenvalue weighted by Crippen LogP contribution is -2.23. The summed E-state index contributed by atoms with van der Waals surface area (Å²) in [5, 5.41) is 3.34. The first-order chi connectivity index (χ1) is 11.2. The number of hydrogen-bond acceptors (Lipinski definition) is 4. The molecule has 1 aliphatic carbocycles. The van der Waals surface area contributed by atoms with E-state index in [0.29, 0.717) is 17.8 Å². The van der Waals surface area contributed by atoms with Crippen molar-refractivity contribution in [3.8, 4) is 11.8 Å². The molecule has 0 radical (unpaired) electrons. The fraction of sp³-hybridized carbons (Fsp3) is 0.667. The van der Waals surface area contributed by atoms with E-state index in [0.717, 1.165) is 30.7 Å². The molecule has 0 aliphatic heterocycles. The highest BCUT2D eigenvalue weighted by atomic mass is 79.9. The molecule has 4 nitrogen and oxygen atoms in total. The summed E-state index contributed by atoms with van der Waals surface area (Å²) in [7, 11) is 0. The van der Waals surface area contributed by atoms with Crippen molar-refractivity contribution >= 4 is 21.9 Å². The predicted molar refractivity (Wildman–Crippen MR) is 99.2 cm³/mol. The minimum Gasteiger partial charge on any atom is -0.354 e. The number of nitrogens with zero attached hydrogens (tertiary/aromatic N) is 3. The Morgan fingerprint density at radius 1 is 1.17 bits per heavy atom. The summed E-state index contributed by atoms with van der Waals surface area (Å²) in [4.78, 5) is 10.9. The summed E-state index contributed by atoms with van der Waals surface area (Å²) in [6.07, 6.45) is 8.48. The second kappa shape index (κ2) is 9.89. The number of rotatable bonds is 6. The minimum atomic E-state index is 0.589. The Labute approximate surface area is 148 Å². The van der Waals surface area contributed by atoms with Crippen LogP contribution in [0.25, 0.3) is 0 Å². The van der Waals surface area contributed by atoms with Crippen LogP contribution >= 0.6 is 15.9 Å². The molecular formula is C18H27BrN4. The van der Waals surface area contributed by atoms with Crippen molar-refractivity contribution in [2.75, 3.05) is 31.5 Å². The standard InChI is InChI=1S/C18H27BrN4/c1-3-23(4-2)11-5-6-15-7-9-16(10-8-15)12-20-18-21-13-17(19)14-22-18/h13-16H,3-4,7-12H2,1-2H3,(H,20,21,22). The lowest BCUT2D eigenvalue weighted by molar-refractivity contribution is 0.326. The van der Waals surface area contributed by atoms with Gasteiger partial charge in [0.2, 0.25) is 5.95 Å². The highest BCUT2D eigenvalue weighted by Gasteiger charge is 2.19. The van der Waals surface area contributed by atoms with Gasteiger partial charge < -0.3 is 5.32 Å². The number of hydrogen-bond donors (Lipinski definition) is 1. The van der Waals surface area contributed by atoms with E-state index in [2.05, 4.69) is 61.8 Å². The number of anilines is 1. The second-order valence-corrected chi connectivity index (χ2v) is 7.02. The van der Waals surface area contributed by atoms with Gasteiger partial charge in [0, 0.05) is 24.9 Å². The van der Waals surface area contributed by atoms with Gasteiger partial charge in [0.25, 0.3) is 0 Å². The third-order valence-electron chi connectivity index (χ3n) is 4.52. The smallest absolute Gasteiger partial charge is 0.222 e. The average Bonchev–Trinajstić information content (AvgIpc) is 2.59. The van der Waals surface area contributed by atoms with E-state index in [1.165, 1.54) is 25.7 Å². The monoisotopic (exact) mass is 378 g/mol. The summed E-state index contributed by atoms with van der Waals surface area (Å²) >= 11 is 3.35. The Morgan fingerprint density at radius 2 is 1.83 bits per heavy atom. The summed E-state index contributed by atoms with van der Waals surface area (Å²) in [6, 6.07) is 0. The number of halogens is 1. The van der Waals surface area contributed by atoms with E-state index in [4.69, 9.17) is 0 Å². The van der Waals surface area contributed by atoms with Crippen molar-refractivity contribution in [1.82, 2.24) is 14.9 Å². The molecule has 0 saturated heterocycles. The summed E-state index contributed by atoms with van der Waals surface area (Å²) in [5.41, 5.74) is 0. The second-order valence-electron chi connectivity index (χ2n) is 6.11. The Balaban J connectivity index is 1.67.